The zero-order valence-corrected chi connectivity index (χ0v) is 17.6. The van der Waals surface area contributed by atoms with E-state index in [0.29, 0.717) is 11.3 Å². The average Bonchev–Trinajstić information content (AvgIpc) is 2.93. The van der Waals surface area contributed by atoms with Crippen LogP contribution in [0.5, 0.6) is 0 Å². The molecule has 4 nitrogen and oxygen atoms in total. The lowest BCUT2D eigenvalue weighted by atomic mass is 10.1. The average molecular weight is 437 g/mol. The number of rotatable bonds is 2. The Kier molecular flexibility index (Phi) is 4.92. The van der Waals surface area contributed by atoms with Gasteiger partial charge in [-0.3, -0.25) is 14.3 Å². The molecule has 3 heterocycles. The van der Waals surface area contributed by atoms with E-state index >= 15 is 0 Å². The van der Waals surface area contributed by atoms with Gasteiger partial charge in [0.15, 0.2) is 0 Å². The third kappa shape index (κ3) is 3.51. The first-order valence-electron chi connectivity index (χ1n) is 10.7. The first-order valence-corrected chi connectivity index (χ1v) is 10.7. The lowest BCUT2D eigenvalue weighted by Crippen LogP contribution is -2.16. The molecule has 0 saturated heterocycles. The van der Waals surface area contributed by atoms with Crippen LogP contribution in [-0.2, 0) is 26.1 Å². The largest absolute Gasteiger partial charge is 0.417 e. The smallest absolute Gasteiger partial charge is 0.347 e. The number of pyridine rings is 2. The number of aryl methyl sites for hydroxylation is 2. The van der Waals surface area contributed by atoms with Gasteiger partial charge in [-0.1, -0.05) is 12.5 Å². The molecule has 7 heteroatoms. The van der Waals surface area contributed by atoms with Gasteiger partial charge in [0.2, 0.25) is 0 Å². The van der Waals surface area contributed by atoms with Gasteiger partial charge in [-0.2, -0.15) is 13.2 Å². The summed E-state index contributed by atoms with van der Waals surface area (Å²) in [7, 11) is 2.08. The minimum atomic E-state index is -4.44. The molecule has 4 aromatic rings. The van der Waals surface area contributed by atoms with Gasteiger partial charge in [-0.15, -0.1) is 0 Å². The summed E-state index contributed by atoms with van der Waals surface area (Å²) < 4.78 is 42.1. The number of nitrogens with zero attached hydrogens (tertiary/aromatic N) is 3. The molecular formula is C25H22F3N3O. The fraction of sp³-hybridized carbons (Fsp3) is 0.280. The van der Waals surface area contributed by atoms with E-state index in [1.165, 1.54) is 48.0 Å². The fourth-order valence-electron chi connectivity index (χ4n) is 4.66. The quantitative estimate of drug-likeness (QED) is 0.379. The highest BCUT2D eigenvalue weighted by molar-refractivity contribution is 5.87. The lowest BCUT2D eigenvalue weighted by Gasteiger charge is -2.10. The number of aromatic nitrogens is 3. The van der Waals surface area contributed by atoms with Crippen molar-refractivity contribution in [2.24, 2.45) is 7.05 Å². The number of benzene rings is 1. The summed E-state index contributed by atoms with van der Waals surface area (Å²) in [6.45, 7) is 0. The predicted octanol–water partition coefficient (Wildman–Crippen LogP) is 5.68. The Morgan fingerprint density at radius 2 is 1.78 bits per heavy atom. The SMILES string of the molecule is Cn1c2c(c3ccc(-n4ccc(-c5ccc(C(F)(F)F)cn5)cc4=O)cc31)CCCCC2. The Morgan fingerprint density at radius 1 is 0.969 bits per heavy atom. The van der Waals surface area contributed by atoms with Crippen LogP contribution < -0.4 is 5.56 Å². The zero-order chi connectivity index (χ0) is 22.5. The molecular weight excluding hydrogens is 415 g/mol. The second-order valence-corrected chi connectivity index (χ2v) is 8.30. The van der Waals surface area contributed by atoms with Crippen molar-refractivity contribution in [1.82, 2.24) is 14.1 Å². The van der Waals surface area contributed by atoms with Gasteiger partial charge in [0, 0.05) is 42.2 Å². The number of hydrogen-bond donors (Lipinski definition) is 0. The van der Waals surface area contributed by atoms with Crippen molar-refractivity contribution < 1.29 is 13.2 Å². The van der Waals surface area contributed by atoms with Gasteiger partial charge in [-0.25, -0.2) is 0 Å². The molecule has 0 amide bonds. The van der Waals surface area contributed by atoms with E-state index in [1.807, 2.05) is 12.1 Å². The second kappa shape index (κ2) is 7.65. The van der Waals surface area contributed by atoms with E-state index in [0.717, 1.165) is 36.3 Å². The Hall–Kier alpha value is -3.35. The lowest BCUT2D eigenvalue weighted by molar-refractivity contribution is -0.137. The third-order valence-corrected chi connectivity index (χ3v) is 6.35. The monoisotopic (exact) mass is 437 g/mol. The highest BCUT2D eigenvalue weighted by Crippen LogP contribution is 2.32. The summed E-state index contributed by atoms with van der Waals surface area (Å²) in [6.07, 6.45) is 3.80. The van der Waals surface area contributed by atoms with Crippen molar-refractivity contribution >= 4 is 10.9 Å². The first kappa shape index (κ1) is 20.5. The van der Waals surface area contributed by atoms with Crippen LogP contribution in [0.1, 0.15) is 36.1 Å². The Morgan fingerprint density at radius 3 is 2.50 bits per heavy atom. The van der Waals surface area contributed by atoms with Crippen molar-refractivity contribution in [3.05, 3.63) is 82.0 Å². The number of fused-ring (bicyclic) bond motifs is 3. The molecule has 5 rings (SSSR count). The van der Waals surface area contributed by atoms with Crippen molar-refractivity contribution in [2.45, 2.75) is 38.3 Å². The molecule has 0 atom stereocenters. The molecule has 0 radical (unpaired) electrons. The molecule has 0 spiro atoms. The third-order valence-electron chi connectivity index (χ3n) is 6.35. The second-order valence-electron chi connectivity index (χ2n) is 8.30. The molecule has 1 aliphatic carbocycles. The number of hydrogen-bond acceptors (Lipinski definition) is 2. The molecule has 0 fully saturated rings. The van der Waals surface area contributed by atoms with Gasteiger partial charge in [0.1, 0.15) is 0 Å². The molecule has 1 aliphatic rings. The van der Waals surface area contributed by atoms with E-state index in [-0.39, 0.29) is 5.56 Å². The van der Waals surface area contributed by atoms with Crippen LogP contribution in [0.3, 0.4) is 0 Å². The van der Waals surface area contributed by atoms with Crippen molar-refractivity contribution in [2.75, 3.05) is 0 Å². The van der Waals surface area contributed by atoms with Crippen molar-refractivity contribution in [3.8, 4) is 16.9 Å². The standard InChI is InChI=1S/C25H22F3N3O/c1-30-22-6-4-2-3-5-19(22)20-9-8-18(14-23(20)30)31-12-11-16(13-24(31)32)21-10-7-17(15-29-21)25(26,27)28/h7-15H,2-6H2,1H3. The maximum Gasteiger partial charge on any atom is 0.417 e. The highest BCUT2D eigenvalue weighted by Gasteiger charge is 2.30. The van der Waals surface area contributed by atoms with Gasteiger partial charge in [-0.05, 0) is 61.6 Å². The van der Waals surface area contributed by atoms with Crippen LogP contribution in [0, 0.1) is 0 Å². The molecule has 0 unspecified atom stereocenters. The van der Waals surface area contributed by atoms with E-state index in [9.17, 15) is 18.0 Å². The summed E-state index contributed by atoms with van der Waals surface area (Å²) in [5, 5.41) is 1.24. The molecule has 0 N–H and O–H groups in total. The summed E-state index contributed by atoms with van der Waals surface area (Å²) in [6, 6.07) is 11.4. The Bertz CT molecular complexity index is 1360. The molecule has 164 valence electrons. The number of alkyl halides is 3. The van der Waals surface area contributed by atoms with Gasteiger partial charge in [0.25, 0.3) is 5.56 Å². The minimum Gasteiger partial charge on any atom is -0.347 e. The molecule has 1 aromatic carbocycles. The van der Waals surface area contributed by atoms with Crippen LogP contribution in [-0.4, -0.2) is 14.1 Å². The van der Waals surface area contributed by atoms with E-state index in [4.69, 9.17) is 0 Å². The maximum atomic E-state index is 12.8. The van der Waals surface area contributed by atoms with Gasteiger partial charge >= 0.3 is 6.18 Å². The van der Waals surface area contributed by atoms with Crippen LogP contribution in [0.2, 0.25) is 0 Å². The zero-order valence-electron chi connectivity index (χ0n) is 17.6. The predicted molar refractivity (Wildman–Crippen MR) is 118 cm³/mol. The first-order chi connectivity index (χ1) is 15.3. The van der Waals surface area contributed by atoms with Gasteiger partial charge in [0.05, 0.1) is 22.5 Å². The van der Waals surface area contributed by atoms with Gasteiger partial charge < -0.3 is 4.57 Å². The van der Waals surface area contributed by atoms with E-state index in [2.05, 4.69) is 22.7 Å². The Balaban J connectivity index is 1.52. The summed E-state index contributed by atoms with van der Waals surface area (Å²) >= 11 is 0. The molecule has 32 heavy (non-hydrogen) atoms. The number of halogens is 3. The van der Waals surface area contributed by atoms with Crippen molar-refractivity contribution in [3.63, 3.8) is 0 Å². The summed E-state index contributed by atoms with van der Waals surface area (Å²) in [5.74, 6) is 0. The summed E-state index contributed by atoms with van der Waals surface area (Å²) in [5.41, 5.74) is 4.38. The highest BCUT2D eigenvalue weighted by atomic mass is 19.4. The van der Waals surface area contributed by atoms with Crippen molar-refractivity contribution in [1.29, 1.82) is 0 Å². The normalized spacial score (nSPS) is 14.4. The minimum absolute atomic E-state index is 0.265. The van der Waals surface area contributed by atoms with E-state index < -0.39 is 11.7 Å². The topological polar surface area (TPSA) is 39.8 Å². The molecule has 3 aromatic heterocycles. The van der Waals surface area contributed by atoms with Crippen LogP contribution >= 0.6 is 0 Å². The van der Waals surface area contributed by atoms with Crippen LogP contribution in [0.4, 0.5) is 13.2 Å². The summed E-state index contributed by atoms with van der Waals surface area (Å²) in [4.78, 5) is 16.7. The molecule has 0 bridgehead atoms. The fourth-order valence-corrected chi connectivity index (χ4v) is 4.66. The maximum absolute atomic E-state index is 12.8. The van der Waals surface area contributed by atoms with Crippen LogP contribution in [0.15, 0.2) is 59.7 Å². The molecule has 0 saturated carbocycles. The Labute approximate surface area is 183 Å². The molecule has 0 aliphatic heterocycles. The van der Waals surface area contributed by atoms with Crippen LogP contribution in [0.25, 0.3) is 27.8 Å². The van der Waals surface area contributed by atoms with E-state index in [1.54, 1.807) is 16.8 Å².